The first-order valence-electron chi connectivity index (χ1n) is 21.9. The van der Waals surface area contributed by atoms with Crippen LogP contribution in [-0.2, 0) is 12.8 Å². The number of hydrogen-bond acceptors (Lipinski definition) is 0. The van der Waals surface area contributed by atoms with Gasteiger partial charge in [-0.25, -0.2) is 0 Å². The van der Waals surface area contributed by atoms with E-state index in [-0.39, 0.29) is 0 Å². The maximum Gasteiger partial charge on any atom is -0.0279 e. The van der Waals surface area contributed by atoms with Crippen LogP contribution in [0.25, 0.3) is 0 Å². The molecule has 0 fully saturated rings. The molecule has 0 aliphatic rings. The molecule has 1 aromatic carbocycles. The molecule has 0 heteroatoms. The lowest BCUT2D eigenvalue weighted by atomic mass is 10.0. The van der Waals surface area contributed by atoms with Gasteiger partial charge in [0.05, 0.1) is 0 Å². The first kappa shape index (κ1) is 43.2. The average molecular weight is 639 g/mol. The molecule has 0 heterocycles. The highest BCUT2D eigenvalue weighted by molar-refractivity contribution is 5.22. The number of benzene rings is 1. The summed E-state index contributed by atoms with van der Waals surface area (Å²) in [6.07, 6.45) is 55.0. The van der Waals surface area contributed by atoms with Crippen LogP contribution in [0.2, 0.25) is 0 Å². The molecule has 0 unspecified atom stereocenters. The molecule has 0 N–H and O–H groups in total. The molecule has 0 saturated heterocycles. The summed E-state index contributed by atoms with van der Waals surface area (Å²) >= 11 is 0. The molecule has 0 saturated carbocycles. The molecule has 0 radical (unpaired) electrons. The smallest absolute Gasteiger partial charge is 0.0279 e. The van der Waals surface area contributed by atoms with Crippen LogP contribution < -0.4 is 0 Å². The lowest BCUT2D eigenvalue weighted by Gasteiger charge is -2.06. The third-order valence-corrected chi connectivity index (χ3v) is 10.7. The zero-order chi connectivity index (χ0) is 32.9. The standard InChI is InChI=1S/C46H86/c1-3-5-7-9-11-13-15-17-19-21-23-25-27-29-31-33-35-37-39-45-41-43-46(44-42-45)40-38-36-34-32-30-28-26-24-22-20-18-16-14-12-10-8-6-4-2/h41-44H,3-40H2,1-2H3. The van der Waals surface area contributed by atoms with E-state index in [0.717, 1.165) is 0 Å². The number of unbranched alkanes of at least 4 members (excludes halogenated alkanes) is 34. The summed E-state index contributed by atoms with van der Waals surface area (Å²) in [4.78, 5) is 0. The van der Waals surface area contributed by atoms with E-state index in [0.29, 0.717) is 0 Å². The lowest BCUT2D eigenvalue weighted by molar-refractivity contribution is 0.525. The Kier molecular flexibility index (Phi) is 34.8. The Hall–Kier alpha value is -0.780. The Balaban J connectivity index is 1.78. The van der Waals surface area contributed by atoms with E-state index in [9.17, 15) is 0 Å². The first-order valence-corrected chi connectivity index (χ1v) is 21.9. The molecule has 46 heavy (non-hydrogen) atoms. The molecular formula is C46H86. The van der Waals surface area contributed by atoms with Crippen molar-refractivity contribution in [3.05, 3.63) is 35.4 Å². The van der Waals surface area contributed by atoms with Crippen molar-refractivity contribution in [2.24, 2.45) is 0 Å². The fourth-order valence-corrected chi connectivity index (χ4v) is 7.33. The average Bonchev–Trinajstić information content (AvgIpc) is 3.07. The van der Waals surface area contributed by atoms with Crippen molar-refractivity contribution < 1.29 is 0 Å². The highest BCUT2D eigenvalue weighted by atomic mass is 14.1. The minimum atomic E-state index is 1.28. The van der Waals surface area contributed by atoms with Gasteiger partial charge < -0.3 is 0 Å². The Morgan fingerprint density at radius 3 is 0.543 bits per heavy atom. The molecule has 270 valence electrons. The third-order valence-electron chi connectivity index (χ3n) is 10.7. The van der Waals surface area contributed by atoms with Crippen LogP contribution in [0, 0.1) is 0 Å². The number of hydrogen-bond donors (Lipinski definition) is 0. The van der Waals surface area contributed by atoms with E-state index in [1.54, 1.807) is 11.1 Å². The maximum atomic E-state index is 2.41. The largest absolute Gasteiger partial charge is 0.0654 e. The van der Waals surface area contributed by atoms with E-state index in [4.69, 9.17) is 0 Å². The van der Waals surface area contributed by atoms with Gasteiger partial charge in [-0.3, -0.25) is 0 Å². The van der Waals surface area contributed by atoms with E-state index >= 15 is 0 Å². The summed E-state index contributed by atoms with van der Waals surface area (Å²) in [5, 5.41) is 0. The van der Waals surface area contributed by atoms with Crippen LogP contribution >= 0.6 is 0 Å². The minimum absolute atomic E-state index is 1.28. The van der Waals surface area contributed by atoms with Crippen molar-refractivity contribution in [1.29, 1.82) is 0 Å². The van der Waals surface area contributed by atoms with Crippen LogP contribution in [0.3, 0.4) is 0 Å². The Morgan fingerprint density at radius 2 is 0.370 bits per heavy atom. The van der Waals surface area contributed by atoms with Gasteiger partial charge in [-0.1, -0.05) is 256 Å². The summed E-state index contributed by atoms with van der Waals surface area (Å²) in [6, 6.07) is 9.66. The topological polar surface area (TPSA) is 0 Å². The summed E-state index contributed by atoms with van der Waals surface area (Å²) in [5.41, 5.74) is 3.11. The molecule has 1 aromatic rings. The quantitative estimate of drug-likeness (QED) is 0.0632. The zero-order valence-electron chi connectivity index (χ0n) is 32.2. The van der Waals surface area contributed by atoms with Gasteiger partial charge in [-0.15, -0.1) is 0 Å². The van der Waals surface area contributed by atoms with Gasteiger partial charge in [0.1, 0.15) is 0 Å². The fourth-order valence-electron chi connectivity index (χ4n) is 7.33. The molecule has 0 bridgehead atoms. The molecule has 0 amide bonds. The van der Waals surface area contributed by atoms with E-state index in [1.165, 1.54) is 244 Å². The van der Waals surface area contributed by atoms with Gasteiger partial charge in [0.15, 0.2) is 0 Å². The van der Waals surface area contributed by atoms with Crippen molar-refractivity contribution in [3.8, 4) is 0 Å². The lowest BCUT2D eigenvalue weighted by Crippen LogP contribution is -1.90. The van der Waals surface area contributed by atoms with Gasteiger partial charge in [0, 0.05) is 0 Å². The first-order chi connectivity index (χ1) is 22.9. The second kappa shape index (κ2) is 37.0. The van der Waals surface area contributed by atoms with Gasteiger partial charge in [0.2, 0.25) is 0 Å². The van der Waals surface area contributed by atoms with Crippen molar-refractivity contribution in [2.75, 3.05) is 0 Å². The van der Waals surface area contributed by atoms with Gasteiger partial charge >= 0.3 is 0 Å². The van der Waals surface area contributed by atoms with Crippen LogP contribution in [0.15, 0.2) is 24.3 Å². The second-order valence-electron chi connectivity index (χ2n) is 15.3. The normalized spacial score (nSPS) is 11.5. The second-order valence-corrected chi connectivity index (χ2v) is 15.3. The summed E-state index contributed by atoms with van der Waals surface area (Å²) < 4.78 is 0. The zero-order valence-corrected chi connectivity index (χ0v) is 32.2. The van der Waals surface area contributed by atoms with Crippen molar-refractivity contribution >= 4 is 0 Å². The predicted octanol–water partition coefficient (Wildman–Crippen LogP) is 16.9. The number of aryl methyl sites for hydroxylation is 2. The van der Waals surface area contributed by atoms with Crippen molar-refractivity contribution in [3.63, 3.8) is 0 Å². The van der Waals surface area contributed by atoms with Crippen molar-refractivity contribution in [2.45, 2.75) is 258 Å². The third kappa shape index (κ3) is 31.8. The molecule has 1 rings (SSSR count). The van der Waals surface area contributed by atoms with Crippen LogP contribution in [-0.4, -0.2) is 0 Å². The Labute approximate surface area is 292 Å². The molecular weight excluding hydrogens is 553 g/mol. The highest BCUT2D eigenvalue weighted by Crippen LogP contribution is 2.17. The monoisotopic (exact) mass is 639 g/mol. The maximum absolute atomic E-state index is 2.41. The Bertz CT molecular complexity index is 613. The van der Waals surface area contributed by atoms with E-state index in [1.807, 2.05) is 0 Å². The highest BCUT2D eigenvalue weighted by Gasteiger charge is 1.99. The van der Waals surface area contributed by atoms with Gasteiger partial charge in [-0.05, 0) is 36.8 Å². The van der Waals surface area contributed by atoms with E-state index in [2.05, 4.69) is 38.1 Å². The van der Waals surface area contributed by atoms with Gasteiger partial charge in [-0.2, -0.15) is 0 Å². The molecule has 0 aromatic heterocycles. The predicted molar refractivity (Wildman–Crippen MR) is 211 cm³/mol. The van der Waals surface area contributed by atoms with Crippen LogP contribution in [0.5, 0.6) is 0 Å². The molecule has 0 aliphatic heterocycles. The summed E-state index contributed by atoms with van der Waals surface area (Å²) in [7, 11) is 0. The van der Waals surface area contributed by atoms with Crippen LogP contribution in [0.4, 0.5) is 0 Å². The Morgan fingerprint density at radius 1 is 0.217 bits per heavy atom. The molecule has 0 atom stereocenters. The fraction of sp³-hybridized carbons (Fsp3) is 0.870. The van der Waals surface area contributed by atoms with Crippen molar-refractivity contribution in [1.82, 2.24) is 0 Å². The van der Waals surface area contributed by atoms with Gasteiger partial charge in [0.25, 0.3) is 0 Å². The van der Waals surface area contributed by atoms with E-state index < -0.39 is 0 Å². The molecule has 0 nitrogen and oxygen atoms in total. The summed E-state index contributed by atoms with van der Waals surface area (Å²) in [6.45, 7) is 4.62. The molecule has 0 aliphatic carbocycles. The SMILES string of the molecule is CCCCCCCCCCCCCCCCCCCCc1ccc(CCCCCCCCCCCCCCCCCCCC)cc1. The summed E-state index contributed by atoms with van der Waals surface area (Å²) in [5.74, 6) is 0. The number of rotatable bonds is 38. The van der Waals surface area contributed by atoms with Crippen LogP contribution in [0.1, 0.15) is 256 Å². The molecule has 0 spiro atoms. The minimum Gasteiger partial charge on any atom is -0.0654 e.